The van der Waals surface area contributed by atoms with Crippen LogP contribution in [0.3, 0.4) is 0 Å². The number of hydrogen-bond acceptors (Lipinski definition) is 4. The number of benzene rings is 1. The van der Waals surface area contributed by atoms with E-state index in [1.807, 2.05) is 0 Å². The quantitative estimate of drug-likeness (QED) is 0.661. The van der Waals surface area contributed by atoms with Gasteiger partial charge in [-0.1, -0.05) is 11.6 Å². The first-order valence-electron chi connectivity index (χ1n) is 4.66. The number of carbonyl (C=O) groups excluding carboxylic acids is 1. The van der Waals surface area contributed by atoms with E-state index in [1.165, 1.54) is 18.2 Å². The Morgan fingerprint density at radius 3 is 2.65 bits per heavy atom. The van der Waals surface area contributed by atoms with Gasteiger partial charge >= 0.3 is 0 Å². The zero-order valence-corrected chi connectivity index (χ0v) is 10.4. The molecule has 0 unspecified atom stereocenters. The third-order valence-electron chi connectivity index (χ3n) is 1.93. The monoisotopic (exact) mass is 277 g/mol. The number of carbonyl (C=O) groups is 1. The number of hydrogen-bond donors (Lipinski definition) is 3. The molecular weight excluding hydrogens is 266 g/mol. The van der Waals surface area contributed by atoms with E-state index in [0.29, 0.717) is 0 Å². The van der Waals surface area contributed by atoms with Crippen molar-refractivity contribution >= 4 is 33.2 Å². The zero-order chi connectivity index (χ0) is 13.1. The van der Waals surface area contributed by atoms with Crippen LogP contribution >= 0.6 is 11.6 Å². The van der Waals surface area contributed by atoms with Gasteiger partial charge < -0.3 is 11.5 Å². The number of amides is 1. The predicted octanol–water partition coefficient (Wildman–Crippen LogP) is 0.0759. The van der Waals surface area contributed by atoms with Crippen LogP contribution in [0.5, 0.6) is 0 Å². The number of nitrogens with one attached hydrogen (secondary N) is 1. The Hall–Kier alpha value is -1.31. The first-order chi connectivity index (χ1) is 7.83. The van der Waals surface area contributed by atoms with E-state index in [0.717, 1.165) is 0 Å². The molecule has 1 amide bonds. The molecule has 94 valence electrons. The lowest BCUT2D eigenvalue weighted by molar-refractivity contribution is -0.117. The normalized spacial score (nSPS) is 11.4. The van der Waals surface area contributed by atoms with Crippen molar-refractivity contribution in [2.75, 3.05) is 12.3 Å². The third kappa shape index (κ3) is 3.88. The Morgan fingerprint density at radius 1 is 1.41 bits per heavy atom. The fourth-order valence-electron chi connectivity index (χ4n) is 1.13. The lowest BCUT2D eigenvalue weighted by Crippen LogP contribution is -2.28. The molecule has 8 heteroatoms. The SMILES string of the molecule is NC(=O)CCNS(=O)(=O)c1cc(Cl)ccc1N. The highest BCUT2D eigenvalue weighted by Gasteiger charge is 2.17. The second kappa shape index (κ2) is 5.35. The molecule has 1 aromatic rings. The van der Waals surface area contributed by atoms with Gasteiger partial charge in [0.1, 0.15) is 4.90 Å². The fourth-order valence-corrected chi connectivity index (χ4v) is 2.55. The average Bonchev–Trinajstić information content (AvgIpc) is 2.20. The van der Waals surface area contributed by atoms with Crippen LogP contribution in [0.25, 0.3) is 0 Å². The van der Waals surface area contributed by atoms with E-state index in [9.17, 15) is 13.2 Å². The van der Waals surface area contributed by atoms with Gasteiger partial charge in [0.2, 0.25) is 15.9 Å². The summed E-state index contributed by atoms with van der Waals surface area (Å²) in [5.74, 6) is -0.591. The summed E-state index contributed by atoms with van der Waals surface area (Å²) in [6.07, 6.45) is -0.0836. The number of rotatable bonds is 5. The molecule has 5 N–H and O–H groups in total. The van der Waals surface area contributed by atoms with Crippen molar-refractivity contribution in [1.82, 2.24) is 4.72 Å². The molecule has 0 spiro atoms. The van der Waals surface area contributed by atoms with Crippen LogP contribution in [-0.2, 0) is 14.8 Å². The van der Waals surface area contributed by atoms with E-state index in [2.05, 4.69) is 4.72 Å². The minimum absolute atomic E-state index is 0.0797. The summed E-state index contributed by atoms with van der Waals surface area (Å²) in [6.45, 7) is -0.0797. The van der Waals surface area contributed by atoms with E-state index < -0.39 is 15.9 Å². The summed E-state index contributed by atoms with van der Waals surface area (Å²) >= 11 is 5.69. The second-order valence-corrected chi connectivity index (χ2v) is 5.47. The Balaban J connectivity index is 2.89. The smallest absolute Gasteiger partial charge is 0.242 e. The van der Waals surface area contributed by atoms with Gasteiger partial charge in [-0.2, -0.15) is 0 Å². The Bertz CT molecular complexity index is 530. The fraction of sp³-hybridized carbons (Fsp3) is 0.222. The van der Waals surface area contributed by atoms with Crippen LogP contribution in [0.2, 0.25) is 5.02 Å². The summed E-state index contributed by atoms with van der Waals surface area (Å²) in [5.41, 5.74) is 10.5. The van der Waals surface area contributed by atoms with Crippen molar-refractivity contribution in [2.45, 2.75) is 11.3 Å². The molecule has 0 radical (unpaired) electrons. The molecule has 1 rings (SSSR count). The zero-order valence-electron chi connectivity index (χ0n) is 8.81. The molecule has 0 saturated heterocycles. The van der Waals surface area contributed by atoms with Crippen LogP contribution < -0.4 is 16.2 Å². The number of sulfonamides is 1. The topological polar surface area (TPSA) is 115 Å². The Morgan fingerprint density at radius 2 is 2.06 bits per heavy atom. The summed E-state index contributed by atoms with van der Waals surface area (Å²) in [6, 6.07) is 4.12. The Labute approximate surface area is 104 Å². The van der Waals surface area contributed by atoms with Gasteiger partial charge in [0.15, 0.2) is 0 Å². The molecule has 1 aromatic carbocycles. The summed E-state index contributed by atoms with van der Waals surface area (Å²) in [7, 11) is -3.78. The number of nitrogens with two attached hydrogens (primary N) is 2. The van der Waals surface area contributed by atoms with Gasteiger partial charge in [0, 0.05) is 18.0 Å². The summed E-state index contributed by atoms with van der Waals surface area (Å²) in [5, 5.41) is 0.259. The summed E-state index contributed by atoms with van der Waals surface area (Å²) in [4.78, 5) is 10.4. The van der Waals surface area contributed by atoms with Crippen LogP contribution in [-0.4, -0.2) is 20.9 Å². The molecule has 0 aromatic heterocycles. The molecule has 0 aliphatic heterocycles. The van der Waals surface area contributed by atoms with E-state index in [-0.39, 0.29) is 28.6 Å². The van der Waals surface area contributed by atoms with Gasteiger partial charge in [-0.15, -0.1) is 0 Å². The number of anilines is 1. The largest absolute Gasteiger partial charge is 0.398 e. The van der Waals surface area contributed by atoms with Gasteiger partial charge in [0.05, 0.1) is 5.69 Å². The van der Waals surface area contributed by atoms with Crippen molar-refractivity contribution in [3.8, 4) is 0 Å². The third-order valence-corrected chi connectivity index (χ3v) is 3.68. The maximum Gasteiger partial charge on any atom is 0.242 e. The average molecular weight is 278 g/mol. The standard InChI is InChI=1S/C9H12ClN3O3S/c10-6-1-2-7(11)8(5-6)17(15,16)13-4-3-9(12)14/h1-2,5,13H,3-4,11H2,(H2,12,14). The Kier molecular flexibility index (Phi) is 4.33. The molecule has 0 heterocycles. The van der Waals surface area contributed by atoms with Crippen LogP contribution in [0.4, 0.5) is 5.69 Å². The number of primary amides is 1. The lowest BCUT2D eigenvalue weighted by Gasteiger charge is -2.08. The highest BCUT2D eigenvalue weighted by molar-refractivity contribution is 7.89. The van der Waals surface area contributed by atoms with Crippen molar-refractivity contribution in [3.05, 3.63) is 23.2 Å². The molecule has 0 aliphatic carbocycles. The predicted molar refractivity (Wildman–Crippen MR) is 64.9 cm³/mol. The highest BCUT2D eigenvalue weighted by Crippen LogP contribution is 2.22. The van der Waals surface area contributed by atoms with Gasteiger partial charge in [-0.25, -0.2) is 13.1 Å². The maximum absolute atomic E-state index is 11.8. The van der Waals surface area contributed by atoms with Gasteiger partial charge in [-0.05, 0) is 18.2 Å². The lowest BCUT2D eigenvalue weighted by atomic mass is 10.3. The molecule has 6 nitrogen and oxygen atoms in total. The number of nitrogen functional groups attached to an aromatic ring is 1. The molecule has 0 fully saturated rings. The van der Waals surface area contributed by atoms with E-state index >= 15 is 0 Å². The van der Waals surface area contributed by atoms with Crippen molar-refractivity contribution < 1.29 is 13.2 Å². The number of halogens is 1. The van der Waals surface area contributed by atoms with Crippen molar-refractivity contribution in [3.63, 3.8) is 0 Å². The maximum atomic E-state index is 11.8. The second-order valence-electron chi connectivity index (χ2n) is 3.30. The van der Waals surface area contributed by atoms with E-state index in [4.69, 9.17) is 23.1 Å². The van der Waals surface area contributed by atoms with Crippen LogP contribution in [0, 0.1) is 0 Å². The van der Waals surface area contributed by atoms with E-state index in [1.54, 1.807) is 0 Å². The molecule has 0 bridgehead atoms. The molecule has 0 aliphatic rings. The minimum Gasteiger partial charge on any atom is -0.398 e. The molecule has 0 saturated carbocycles. The first kappa shape index (κ1) is 13.8. The van der Waals surface area contributed by atoms with Crippen LogP contribution in [0.1, 0.15) is 6.42 Å². The first-order valence-corrected chi connectivity index (χ1v) is 6.52. The molecular formula is C9H12ClN3O3S. The van der Waals surface area contributed by atoms with Crippen molar-refractivity contribution in [2.24, 2.45) is 5.73 Å². The van der Waals surface area contributed by atoms with Crippen LogP contribution in [0.15, 0.2) is 23.1 Å². The molecule has 17 heavy (non-hydrogen) atoms. The van der Waals surface area contributed by atoms with Gasteiger partial charge in [-0.3, -0.25) is 4.79 Å². The summed E-state index contributed by atoms with van der Waals surface area (Å²) < 4.78 is 25.8. The van der Waals surface area contributed by atoms with Gasteiger partial charge in [0.25, 0.3) is 0 Å². The van der Waals surface area contributed by atoms with Crippen molar-refractivity contribution in [1.29, 1.82) is 0 Å². The molecule has 0 atom stereocenters. The highest BCUT2D eigenvalue weighted by atomic mass is 35.5. The minimum atomic E-state index is -3.78.